The molecule has 0 atom stereocenters. The summed E-state index contributed by atoms with van der Waals surface area (Å²) in [6, 6.07) is 10.3. The second kappa shape index (κ2) is 5.45. The Bertz CT molecular complexity index is 525. The molecule has 18 heavy (non-hydrogen) atoms. The zero-order valence-corrected chi connectivity index (χ0v) is 13.3. The van der Waals surface area contributed by atoms with Crippen molar-refractivity contribution < 1.29 is 4.74 Å². The lowest BCUT2D eigenvalue weighted by Gasteiger charge is -2.22. The highest BCUT2D eigenvalue weighted by Gasteiger charge is 2.18. The molecule has 0 saturated carbocycles. The highest BCUT2D eigenvalue weighted by Crippen LogP contribution is 2.32. The van der Waals surface area contributed by atoms with E-state index in [1.54, 1.807) is 11.3 Å². The third-order valence-corrected chi connectivity index (χ3v) is 4.64. The number of benzene rings is 1. The van der Waals surface area contributed by atoms with Crippen LogP contribution in [0, 0.1) is 0 Å². The molecule has 2 aromatic rings. The van der Waals surface area contributed by atoms with E-state index >= 15 is 0 Å². The molecule has 0 aliphatic rings. The van der Waals surface area contributed by atoms with Crippen LogP contribution in [0.5, 0.6) is 5.75 Å². The number of thiophene rings is 1. The molecule has 0 amide bonds. The first-order valence-corrected chi connectivity index (χ1v) is 7.60. The summed E-state index contributed by atoms with van der Waals surface area (Å²) >= 11 is 5.24. The Hall–Kier alpha value is -0.800. The van der Waals surface area contributed by atoms with Gasteiger partial charge in [0.05, 0.1) is 4.88 Å². The number of halogens is 1. The minimum atomic E-state index is 0.100. The molecule has 0 saturated heterocycles. The Kier molecular flexibility index (Phi) is 4.13. The average Bonchev–Trinajstić information content (AvgIpc) is 2.71. The number of hydrogen-bond donors (Lipinski definition) is 0. The zero-order chi connectivity index (χ0) is 13.2. The molecule has 0 bridgehead atoms. The van der Waals surface area contributed by atoms with Crippen molar-refractivity contribution in [1.29, 1.82) is 0 Å². The van der Waals surface area contributed by atoms with E-state index in [0.29, 0.717) is 6.61 Å². The Balaban J connectivity index is 2.17. The first-order chi connectivity index (χ1) is 8.48. The van der Waals surface area contributed by atoms with Crippen LogP contribution < -0.4 is 4.74 Å². The summed E-state index contributed by atoms with van der Waals surface area (Å²) in [6.07, 6.45) is 0. The largest absolute Gasteiger partial charge is 0.488 e. The first kappa shape index (κ1) is 13.6. The fourth-order valence-electron chi connectivity index (χ4n) is 1.78. The van der Waals surface area contributed by atoms with Gasteiger partial charge in [-0.1, -0.05) is 39.0 Å². The summed E-state index contributed by atoms with van der Waals surface area (Å²) in [7, 11) is 0. The number of hydrogen-bond acceptors (Lipinski definition) is 2. The summed E-state index contributed by atoms with van der Waals surface area (Å²) < 4.78 is 7.09. The minimum Gasteiger partial charge on any atom is -0.488 e. The summed E-state index contributed by atoms with van der Waals surface area (Å²) in [5.41, 5.74) is 1.35. The van der Waals surface area contributed by atoms with Gasteiger partial charge in [0.1, 0.15) is 12.4 Å². The van der Waals surface area contributed by atoms with Crippen LogP contribution in [0.2, 0.25) is 0 Å². The third-order valence-electron chi connectivity index (χ3n) is 2.74. The Morgan fingerprint density at radius 3 is 2.50 bits per heavy atom. The van der Waals surface area contributed by atoms with E-state index in [0.717, 1.165) is 10.2 Å². The molecule has 1 nitrogen and oxygen atoms in total. The van der Waals surface area contributed by atoms with Crippen LogP contribution in [0.15, 0.2) is 40.2 Å². The summed E-state index contributed by atoms with van der Waals surface area (Å²) in [5.74, 6) is 0.977. The van der Waals surface area contributed by atoms with Crippen LogP contribution in [0.1, 0.15) is 31.2 Å². The molecule has 0 aliphatic carbocycles. The van der Waals surface area contributed by atoms with Gasteiger partial charge in [-0.25, -0.2) is 0 Å². The number of para-hydroxylation sites is 1. The van der Waals surface area contributed by atoms with Crippen molar-refractivity contribution >= 4 is 27.3 Å². The molecule has 2 rings (SSSR count). The predicted molar refractivity (Wildman–Crippen MR) is 81.5 cm³/mol. The average molecular weight is 325 g/mol. The molecule has 1 aromatic carbocycles. The SMILES string of the molecule is CC(C)(C)c1ccccc1OCc1sccc1Br. The van der Waals surface area contributed by atoms with Gasteiger partial charge in [0, 0.05) is 4.47 Å². The van der Waals surface area contributed by atoms with E-state index in [4.69, 9.17) is 4.74 Å². The molecule has 3 heteroatoms. The second-order valence-corrected chi connectivity index (χ2v) is 7.08. The van der Waals surface area contributed by atoms with Gasteiger partial charge in [-0.05, 0) is 44.4 Å². The quantitative estimate of drug-likeness (QED) is 0.735. The van der Waals surface area contributed by atoms with Gasteiger partial charge in [0.15, 0.2) is 0 Å². The van der Waals surface area contributed by atoms with Crippen molar-refractivity contribution in [3.63, 3.8) is 0 Å². The van der Waals surface area contributed by atoms with Gasteiger partial charge in [0.2, 0.25) is 0 Å². The second-order valence-electron chi connectivity index (χ2n) is 5.23. The van der Waals surface area contributed by atoms with E-state index in [1.165, 1.54) is 10.4 Å². The van der Waals surface area contributed by atoms with Gasteiger partial charge in [-0.2, -0.15) is 0 Å². The highest BCUT2D eigenvalue weighted by atomic mass is 79.9. The maximum Gasteiger partial charge on any atom is 0.124 e. The maximum absolute atomic E-state index is 5.97. The summed E-state index contributed by atoms with van der Waals surface area (Å²) in [5, 5.41) is 2.07. The summed E-state index contributed by atoms with van der Waals surface area (Å²) in [6.45, 7) is 7.23. The molecular formula is C15H17BrOS. The van der Waals surface area contributed by atoms with Crippen LogP contribution >= 0.6 is 27.3 Å². The first-order valence-electron chi connectivity index (χ1n) is 5.92. The highest BCUT2D eigenvalue weighted by molar-refractivity contribution is 9.10. The van der Waals surface area contributed by atoms with Crippen molar-refractivity contribution in [1.82, 2.24) is 0 Å². The molecular weight excluding hydrogens is 308 g/mol. The Morgan fingerprint density at radius 2 is 1.89 bits per heavy atom. The molecule has 0 aliphatic heterocycles. The van der Waals surface area contributed by atoms with E-state index in [1.807, 2.05) is 12.1 Å². The van der Waals surface area contributed by atoms with E-state index in [-0.39, 0.29) is 5.41 Å². The molecule has 0 radical (unpaired) electrons. The van der Waals surface area contributed by atoms with Crippen molar-refractivity contribution in [3.05, 3.63) is 50.6 Å². The van der Waals surface area contributed by atoms with Gasteiger partial charge < -0.3 is 4.74 Å². The standard InChI is InChI=1S/C15H17BrOS/c1-15(2,3)11-6-4-5-7-13(11)17-10-14-12(16)8-9-18-14/h4-9H,10H2,1-3H3. The molecule has 96 valence electrons. The molecule has 0 N–H and O–H groups in total. The van der Waals surface area contributed by atoms with Crippen molar-refractivity contribution in [2.75, 3.05) is 0 Å². The molecule has 0 fully saturated rings. The van der Waals surface area contributed by atoms with Gasteiger partial charge >= 0.3 is 0 Å². The van der Waals surface area contributed by atoms with E-state index in [9.17, 15) is 0 Å². The van der Waals surface area contributed by atoms with Gasteiger partial charge in [-0.3, -0.25) is 0 Å². The van der Waals surface area contributed by atoms with Crippen molar-refractivity contribution in [2.24, 2.45) is 0 Å². The van der Waals surface area contributed by atoms with Gasteiger partial charge in [0.25, 0.3) is 0 Å². The lowest BCUT2D eigenvalue weighted by atomic mass is 9.86. The van der Waals surface area contributed by atoms with Crippen LogP contribution in [-0.2, 0) is 12.0 Å². The Morgan fingerprint density at radius 1 is 1.17 bits per heavy atom. The topological polar surface area (TPSA) is 9.23 Å². The number of ether oxygens (including phenoxy) is 1. The number of rotatable bonds is 3. The van der Waals surface area contributed by atoms with Crippen LogP contribution in [0.25, 0.3) is 0 Å². The van der Waals surface area contributed by atoms with Crippen molar-refractivity contribution in [2.45, 2.75) is 32.8 Å². The minimum absolute atomic E-state index is 0.100. The smallest absolute Gasteiger partial charge is 0.124 e. The fourth-order valence-corrected chi connectivity index (χ4v) is 3.16. The van der Waals surface area contributed by atoms with Crippen molar-refractivity contribution in [3.8, 4) is 5.75 Å². The predicted octanol–water partition coefficient (Wildman–Crippen LogP) is 5.39. The van der Waals surface area contributed by atoms with Crippen LogP contribution in [-0.4, -0.2) is 0 Å². The lowest BCUT2D eigenvalue weighted by molar-refractivity contribution is 0.300. The molecule has 1 heterocycles. The van der Waals surface area contributed by atoms with Crippen LogP contribution in [0.4, 0.5) is 0 Å². The monoisotopic (exact) mass is 324 g/mol. The zero-order valence-electron chi connectivity index (χ0n) is 10.9. The summed E-state index contributed by atoms with van der Waals surface area (Å²) in [4.78, 5) is 1.22. The lowest BCUT2D eigenvalue weighted by Crippen LogP contribution is -2.13. The van der Waals surface area contributed by atoms with E-state index < -0.39 is 0 Å². The Labute approximate surface area is 121 Å². The molecule has 0 unspecified atom stereocenters. The van der Waals surface area contributed by atoms with E-state index in [2.05, 4.69) is 60.3 Å². The normalized spacial score (nSPS) is 11.6. The third kappa shape index (κ3) is 3.15. The molecule has 0 spiro atoms. The fraction of sp³-hybridized carbons (Fsp3) is 0.333. The molecule has 1 aromatic heterocycles. The maximum atomic E-state index is 5.97. The van der Waals surface area contributed by atoms with Gasteiger partial charge in [-0.15, -0.1) is 11.3 Å². The van der Waals surface area contributed by atoms with Crippen LogP contribution in [0.3, 0.4) is 0 Å².